The van der Waals surface area contributed by atoms with Crippen LogP contribution in [0.3, 0.4) is 0 Å². The SMILES string of the molecule is Cc1ccc(CN2CCCn3cccc3[C@H]2c2ccc(Cl)c(Cl)c2)cc1. The Hall–Kier alpha value is -1.74. The molecule has 0 spiro atoms. The van der Waals surface area contributed by atoms with Crippen molar-refractivity contribution >= 4 is 23.2 Å². The maximum absolute atomic E-state index is 6.34. The summed E-state index contributed by atoms with van der Waals surface area (Å²) in [7, 11) is 0. The van der Waals surface area contributed by atoms with Crippen molar-refractivity contribution in [2.75, 3.05) is 6.54 Å². The lowest BCUT2D eigenvalue weighted by molar-refractivity contribution is 0.220. The molecule has 0 saturated carbocycles. The fraction of sp³-hybridized carbons (Fsp3) is 0.273. The van der Waals surface area contributed by atoms with E-state index in [0.717, 1.165) is 26.1 Å². The standard InChI is InChI=1S/C22H22Cl2N2/c1-16-5-7-17(8-6-16)15-26-13-3-12-25-11-2-4-21(25)22(26)18-9-10-19(23)20(24)14-18/h2,4-11,14,22H,3,12-13,15H2,1H3/t22-/m1/s1. The summed E-state index contributed by atoms with van der Waals surface area (Å²) in [6.07, 6.45) is 3.31. The summed E-state index contributed by atoms with van der Waals surface area (Å²) in [5.41, 5.74) is 5.13. The minimum Gasteiger partial charge on any atom is -0.350 e. The minimum absolute atomic E-state index is 0.170. The van der Waals surface area contributed by atoms with Crippen molar-refractivity contribution in [2.24, 2.45) is 0 Å². The van der Waals surface area contributed by atoms with E-state index in [-0.39, 0.29) is 6.04 Å². The zero-order valence-corrected chi connectivity index (χ0v) is 16.3. The molecule has 0 saturated heterocycles. The lowest BCUT2D eigenvalue weighted by Gasteiger charge is -2.31. The highest BCUT2D eigenvalue weighted by Crippen LogP contribution is 2.35. The zero-order chi connectivity index (χ0) is 18.1. The van der Waals surface area contributed by atoms with E-state index < -0.39 is 0 Å². The molecule has 2 aromatic carbocycles. The van der Waals surface area contributed by atoms with Crippen LogP contribution in [0.25, 0.3) is 0 Å². The topological polar surface area (TPSA) is 8.17 Å². The molecule has 2 heterocycles. The van der Waals surface area contributed by atoms with Crippen molar-refractivity contribution in [1.29, 1.82) is 0 Å². The molecule has 1 aliphatic rings. The van der Waals surface area contributed by atoms with Gasteiger partial charge in [-0.2, -0.15) is 0 Å². The molecule has 0 amide bonds. The van der Waals surface area contributed by atoms with Crippen LogP contribution in [0, 0.1) is 6.92 Å². The van der Waals surface area contributed by atoms with Crippen molar-refractivity contribution in [3.63, 3.8) is 0 Å². The third-order valence-corrected chi connectivity index (χ3v) is 5.86. The monoisotopic (exact) mass is 384 g/mol. The molecule has 1 atom stereocenters. The molecule has 1 aromatic heterocycles. The normalized spacial score (nSPS) is 17.7. The molecule has 0 aliphatic carbocycles. The van der Waals surface area contributed by atoms with Gasteiger partial charge in [-0.05, 0) is 48.7 Å². The van der Waals surface area contributed by atoms with E-state index in [0.29, 0.717) is 10.0 Å². The molecular formula is C22H22Cl2N2. The molecule has 0 fully saturated rings. The van der Waals surface area contributed by atoms with Crippen LogP contribution >= 0.6 is 23.2 Å². The number of aromatic nitrogens is 1. The van der Waals surface area contributed by atoms with Gasteiger partial charge in [-0.3, -0.25) is 4.90 Å². The Morgan fingerprint density at radius 1 is 0.962 bits per heavy atom. The van der Waals surface area contributed by atoms with Gasteiger partial charge in [-0.1, -0.05) is 59.1 Å². The van der Waals surface area contributed by atoms with Gasteiger partial charge in [0.15, 0.2) is 0 Å². The summed E-state index contributed by atoms with van der Waals surface area (Å²) >= 11 is 12.5. The fourth-order valence-electron chi connectivity index (χ4n) is 3.80. The predicted octanol–water partition coefficient (Wildman–Crippen LogP) is 6.10. The van der Waals surface area contributed by atoms with Gasteiger partial charge < -0.3 is 4.57 Å². The molecule has 26 heavy (non-hydrogen) atoms. The average molecular weight is 385 g/mol. The van der Waals surface area contributed by atoms with E-state index in [1.807, 2.05) is 12.1 Å². The van der Waals surface area contributed by atoms with Crippen molar-refractivity contribution in [1.82, 2.24) is 9.47 Å². The van der Waals surface area contributed by atoms with Crippen LogP contribution in [0.1, 0.15) is 34.8 Å². The van der Waals surface area contributed by atoms with E-state index in [1.165, 1.54) is 22.4 Å². The molecule has 3 aromatic rings. The first-order chi connectivity index (χ1) is 12.6. The van der Waals surface area contributed by atoms with Crippen LogP contribution in [0.15, 0.2) is 60.8 Å². The van der Waals surface area contributed by atoms with Crippen molar-refractivity contribution < 1.29 is 0 Å². The molecule has 0 unspecified atom stereocenters. The number of hydrogen-bond donors (Lipinski definition) is 0. The smallest absolute Gasteiger partial charge is 0.0759 e. The minimum atomic E-state index is 0.170. The summed E-state index contributed by atoms with van der Waals surface area (Å²) in [6, 6.07) is 19.4. The van der Waals surface area contributed by atoms with Crippen LogP contribution < -0.4 is 0 Å². The Kier molecular flexibility index (Phi) is 5.08. The van der Waals surface area contributed by atoms with Gasteiger partial charge in [0.2, 0.25) is 0 Å². The highest BCUT2D eigenvalue weighted by atomic mass is 35.5. The first-order valence-corrected chi connectivity index (χ1v) is 9.77. The quantitative estimate of drug-likeness (QED) is 0.529. The maximum Gasteiger partial charge on any atom is 0.0759 e. The Morgan fingerprint density at radius 3 is 2.54 bits per heavy atom. The number of rotatable bonds is 3. The molecule has 4 rings (SSSR count). The number of hydrogen-bond acceptors (Lipinski definition) is 1. The van der Waals surface area contributed by atoms with Gasteiger partial charge in [-0.15, -0.1) is 0 Å². The predicted molar refractivity (Wildman–Crippen MR) is 109 cm³/mol. The van der Waals surface area contributed by atoms with E-state index in [4.69, 9.17) is 23.2 Å². The Morgan fingerprint density at radius 2 is 1.77 bits per heavy atom. The number of benzene rings is 2. The van der Waals surface area contributed by atoms with Crippen LogP contribution in [0.4, 0.5) is 0 Å². The van der Waals surface area contributed by atoms with Gasteiger partial charge in [0.05, 0.1) is 16.1 Å². The second-order valence-corrected chi connectivity index (χ2v) is 7.83. The van der Waals surface area contributed by atoms with Crippen LogP contribution in [0.2, 0.25) is 10.0 Å². The van der Waals surface area contributed by atoms with Gasteiger partial charge in [0.25, 0.3) is 0 Å². The zero-order valence-electron chi connectivity index (χ0n) is 14.8. The van der Waals surface area contributed by atoms with Gasteiger partial charge in [0.1, 0.15) is 0 Å². The molecule has 0 radical (unpaired) electrons. The van der Waals surface area contributed by atoms with E-state index >= 15 is 0 Å². The van der Waals surface area contributed by atoms with Gasteiger partial charge >= 0.3 is 0 Å². The number of nitrogens with zero attached hydrogens (tertiary/aromatic N) is 2. The summed E-state index contributed by atoms with van der Waals surface area (Å²) in [5.74, 6) is 0. The highest BCUT2D eigenvalue weighted by molar-refractivity contribution is 6.42. The van der Waals surface area contributed by atoms with E-state index in [2.05, 4.69) is 65.1 Å². The average Bonchev–Trinajstić information content (AvgIpc) is 3.01. The summed E-state index contributed by atoms with van der Waals surface area (Å²) < 4.78 is 2.36. The van der Waals surface area contributed by atoms with Gasteiger partial charge in [0, 0.05) is 31.5 Å². The number of aryl methyl sites for hydroxylation is 2. The molecular weight excluding hydrogens is 363 g/mol. The summed E-state index contributed by atoms with van der Waals surface area (Å²) in [5, 5.41) is 1.21. The highest BCUT2D eigenvalue weighted by Gasteiger charge is 2.27. The second-order valence-electron chi connectivity index (χ2n) is 7.01. The first kappa shape index (κ1) is 17.7. The van der Waals surface area contributed by atoms with E-state index in [1.54, 1.807) is 0 Å². The van der Waals surface area contributed by atoms with E-state index in [9.17, 15) is 0 Å². The maximum atomic E-state index is 6.34. The molecule has 134 valence electrons. The Labute approximate surface area is 165 Å². The second kappa shape index (κ2) is 7.48. The molecule has 0 bridgehead atoms. The van der Waals surface area contributed by atoms with Crippen molar-refractivity contribution in [3.05, 3.63) is 93.2 Å². The summed E-state index contributed by atoms with van der Waals surface area (Å²) in [4.78, 5) is 2.54. The third kappa shape index (κ3) is 3.55. The Balaban J connectivity index is 1.75. The first-order valence-electron chi connectivity index (χ1n) is 9.01. The number of halogens is 2. The lowest BCUT2D eigenvalue weighted by atomic mass is 10.0. The molecule has 2 nitrogen and oxygen atoms in total. The summed E-state index contributed by atoms with van der Waals surface area (Å²) in [6.45, 7) is 5.13. The van der Waals surface area contributed by atoms with Crippen LogP contribution in [-0.4, -0.2) is 16.0 Å². The molecule has 4 heteroatoms. The Bertz CT molecular complexity index is 899. The third-order valence-electron chi connectivity index (χ3n) is 5.12. The lowest BCUT2D eigenvalue weighted by Crippen LogP contribution is -2.29. The largest absolute Gasteiger partial charge is 0.350 e. The van der Waals surface area contributed by atoms with Gasteiger partial charge in [-0.25, -0.2) is 0 Å². The molecule has 0 N–H and O–H groups in total. The van der Waals surface area contributed by atoms with Crippen molar-refractivity contribution in [3.8, 4) is 0 Å². The van der Waals surface area contributed by atoms with Crippen molar-refractivity contribution in [2.45, 2.75) is 32.5 Å². The number of fused-ring (bicyclic) bond motifs is 1. The van der Waals surface area contributed by atoms with Crippen LogP contribution in [-0.2, 0) is 13.1 Å². The van der Waals surface area contributed by atoms with Crippen LogP contribution in [0.5, 0.6) is 0 Å². The fourth-order valence-corrected chi connectivity index (χ4v) is 4.11. The molecule has 1 aliphatic heterocycles.